The Kier molecular flexibility index (Phi) is 5.93. The second-order valence-corrected chi connectivity index (χ2v) is 9.74. The van der Waals surface area contributed by atoms with Crippen molar-refractivity contribution in [3.63, 3.8) is 0 Å². The van der Waals surface area contributed by atoms with Crippen LogP contribution in [0.3, 0.4) is 0 Å². The van der Waals surface area contributed by atoms with Crippen LogP contribution in [0.25, 0.3) is 0 Å². The highest BCUT2D eigenvalue weighted by Crippen LogP contribution is 2.51. The standard InChI is InChI=1S/C20H28N4O5S/c1-10-16-15(11(2)26)19(27)24(16)17(20(28)29)18(10)30-14-5-12(21-6-14)3-4-23-7-13(8-25)22-9-23/h7,9-12,14-16,21,25-26H,3-6,8H2,1-2H3,(H,28,29)/t10-,11-,12+,14+,15-,16-/m1/s1. The van der Waals surface area contributed by atoms with Crippen molar-refractivity contribution >= 4 is 23.6 Å². The van der Waals surface area contributed by atoms with Crippen LogP contribution >= 0.6 is 11.8 Å². The summed E-state index contributed by atoms with van der Waals surface area (Å²) in [5.74, 6) is -1.99. The summed E-state index contributed by atoms with van der Waals surface area (Å²) in [4.78, 5) is 30.6. The largest absolute Gasteiger partial charge is 0.477 e. The quantitative estimate of drug-likeness (QED) is 0.431. The second kappa shape index (κ2) is 8.33. The average molecular weight is 437 g/mol. The lowest BCUT2D eigenvalue weighted by atomic mass is 9.79. The Bertz CT molecular complexity index is 869. The number of β-lactam (4-membered cyclic amide) rings is 1. The molecule has 0 radical (unpaired) electrons. The fraction of sp³-hybridized carbons (Fsp3) is 0.650. The van der Waals surface area contributed by atoms with Gasteiger partial charge in [0.05, 0.1) is 36.7 Å². The van der Waals surface area contributed by atoms with E-state index in [1.165, 1.54) is 4.90 Å². The molecule has 10 heteroatoms. The summed E-state index contributed by atoms with van der Waals surface area (Å²) >= 11 is 1.56. The van der Waals surface area contributed by atoms with Crippen molar-refractivity contribution in [2.45, 2.75) is 63.3 Å². The van der Waals surface area contributed by atoms with E-state index in [-0.39, 0.29) is 35.4 Å². The number of rotatable bonds is 8. The highest BCUT2D eigenvalue weighted by Gasteiger charge is 2.60. The predicted octanol–water partition coefficient (Wildman–Crippen LogP) is 0.383. The number of hydrogen-bond donors (Lipinski definition) is 4. The van der Waals surface area contributed by atoms with Gasteiger partial charge in [-0.3, -0.25) is 4.79 Å². The third-order valence-corrected chi connectivity index (χ3v) is 7.88. The van der Waals surface area contributed by atoms with Gasteiger partial charge in [-0.05, 0) is 19.8 Å². The van der Waals surface area contributed by atoms with Crippen molar-refractivity contribution in [3.8, 4) is 0 Å². The number of carboxylic acids is 1. The maximum absolute atomic E-state index is 12.4. The van der Waals surface area contributed by atoms with Crippen LogP contribution in [-0.2, 0) is 22.7 Å². The maximum atomic E-state index is 12.4. The van der Waals surface area contributed by atoms with Gasteiger partial charge in [0, 0.05) is 41.4 Å². The maximum Gasteiger partial charge on any atom is 0.353 e. The van der Waals surface area contributed by atoms with Gasteiger partial charge in [-0.25, -0.2) is 9.78 Å². The predicted molar refractivity (Wildman–Crippen MR) is 110 cm³/mol. The summed E-state index contributed by atoms with van der Waals surface area (Å²) in [7, 11) is 0. The van der Waals surface area contributed by atoms with Gasteiger partial charge >= 0.3 is 5.97 Å². The Morgan fingerprint density at radius 1 is 1.47 bits per heavy atom. The van der Waals surface area contributed by atoms with Crippen LogP contribution < -0.4 is 5.32 Å². The van der Waals surface area contributed by atoms with E-state index in [9.17, 15) is 19.8 Å². The van der Waals surface area contributed by atoms with E-state index in [1.54, 1.807) is 25.0 Å². The molecule has 164 valence electrons. The monoisotopic (exact) mass is 436 g/mol. The number of carboxylic acid groups (broad SMARTS) is 1. The van der Waals surface area contributed by atoms with E-state index in [4.69, 9.17) is 5.11 Å². The van der Waals surface area contributed by atoms with Gasteiger partial charge < -0.3 is 30.1 Å². The van der Waals surface area contributed by atoms with E-state index >= 15 is 0 Å². The Morgan fingerprint density at radius 3 is 2.87 bits per heavy atom. The molecule has 30 heavy (non-hydrogen) atoms. The van der Waals surface area contributed by atoms with Crippen LogP contribution in [0.15, 0.2) is 23.1 Å². The molecule has 1 aromatic rings. The minimum atomic E-state index is -1.08. The number of carbonyl (C=O) groups excluding carboxylic acids is 1. The Hall–Kier alpha value is -1.88. The molecule has 0 aromatic carbocycles. The number of aliphatic hydroxyl groups excluding tert-OH is 2. The molecule has 0 aliphatic carbocycles. The SMILES string of the molecule is C[C@@H](O)[C@H]1C(=O)N2C(C(=O)O)=C(S[C@@H]3CN[C@@H](CCn4cnc(CO)c4)C3)[C@H](C)[C@H]12. The summed E-state index contributed by atoms with van der Waals surface area (Å²) < 4.78 is 1.96. The summed E-state index contributed by atoms with van der Waals surface area (Å²) in [5, 5.41) is 32.6. The number of fused-ring (bicyclic) bond motifs is 1. The molecule has 9 nitrogen and oxygen atoms in total. The number of aromatic nitrogens is 2. The van der Waals surface area contributed by atoms with Gasteiger partial charge in [-0.1, -0.05) is 6.92 Å². The molecular formula is C20H28N4O5S. The number of aryl methyl sites for hydroxylation is 1. The Morgan fingerprint density at radius 2 is 2.23 bits per heavy atom. The van der Waals surface area contributed by atoms with E-state index in [1.807, 2.05) is 17.7 Å². The van der Waals surface area contributed by atoms with Gasteiger partial charge in [0.25, 0.3) is 0 Å². The third-order valence-electron chi connectivity index (χ3n) is 6.37. The van der Waals surface area contributed by atoms with E-state index in [0.717, 1.165) is 30.8 Å². The molecule has 1 aromatic heterocycles. The van der Waals surface area contributed by atoms with Crippen molar-refractivity contribution in [1.29, 1.82) is 0 Å². The third kappa shape index (κ3) is 3.66. The minimum Gasteiger partial charge on any atom is -0.477 e. The fourth-order valence-electron chi connectivity index (χ4n) is 4.87. The molecular weight excluding hydrogens is 408 g/mol. The first kappa shape index (κ1) is 21.4. The molecule has 3 aliphatic rings. The molecule has 0 bridgehead atoms. The molecule has 2 saturated heterocycles. The van der Waals surface area contributed by atoms with Crippen molar-refractivity contribution in [1.82, 2.24) is 19.8 Å². The first-order valence-corrected chi connectivity index (χ1v) is 11.2. The topological polar surface area (TPSA) is 128 Å². The van der Waals surface area contributed by atoms with Crippen LogP contribution in [0.1, 0.15) is 32.4 Å². The lowest BCUT2D eigenvalue weighted by molar-refractivity contribution is -0.163. The number of imidazole rings is 1. The lowest BCUT2D eigenvalue weighted by Gasteiger charge is -2.46. The number of thioether (sulfide) groups is 1. The van der Waals surface area contributed by atoms with E-state index in [0.29, 0.717) is 11.7 Å². The zero-order valence-corrected chi connectivity index (χ0v) is 17.9. The molecule has 3 aliphatic heterocycles. The lowest BCUT2D eigenvalue weighted by Crippen LogP contribution is -2.63. The first-order chi connectivity index (χ1) is 14.3. The molecule has 4 rings (SSSR count). The van der Waals surface area contributed by atoms with Crippen LogP contribution in [-0.4, -0.2) is 71.6 Å². The number of amides is 1. The first-order valence-electron chi connectivity index (χ1n) is 10.3. The molecule has 4 N–H and O–H groups in total. The second-order valence-electron chi connectivity index (χ2n) is 8.40. The van der Waals surface area contributed by atoms with Crippen molar-refractivity contribution in [3.05, 3.63) is 28.8 Å². The average Bonchev–Trinajstić information content (AvgIpc) is 3.39. The Labute approximate surface area is 179 Å². The highest BCUT2D eigenvalue weighted by molar-refractivity contribution is 8.03. The Balaban J connectivity index is 1.39. The van der Waals surface area contributed by atoms with Crippen LogP contribution in [0.5, 0.6) is 0 Å². The highest BCUT2D eigenvalue weighted by atomic mass is 32.2. The molecule has 4 heterocycles. The summed E-state index contributed by atoms with van der Waals surface area (Å²) in [6.07, 6.45) is 4.60. The number of carbonyl (C=O) groups is 2. The zero-order chi connectivity index (χ0) is 21.6. The summed E-state index contributed by atoms with van der Waals surface area (Å²) in [5.41, 5.74) is 0.749. The minimum absolute atomic E-state index is 0.0664. The molecule has 6 atom stereocenters. The zero-order valence-electron chi connectivity index (χ0n) is 17.1. The van der Waals surface area contributed by atoms with Crippen LogP contribution in [0.4, 0.5) is 0 Å². The van der Waals surface area contributed by atoms with E-state index in [2.05, 4.69) is 10.3 Å². The van der Waals surface area contributed by atoms with Gasteiger partial charge in [0.2, 0.25) is 5.91 Å². The van der Waals surface area contributed by atoms with E-state index < -0.39 is 18.0 Å². The number of hydrogen-bond acceptors (Lipinski definition) is 7. The van der Waals surface area contributed by atoms with Crippen molar-refractivity contribution in [2.24, 2.45) is 11.8 Å². The molecule has 0 unspecified atom stereocenters. The van der Waals surface area contributed by atoms with Crippen LogP contribution in [0.2, 0.25) is 0 Å². The number of nitrogens with zero attached hydrogens (tertiary/aromatic N) is 3. The number of aliphatic carboxylic acids is 1. The number of aliphatic hydroxyl groups is 2. The number of nitrogens with one attached hydrogen (secondary N) is 1. The molecule has 0 spiro atoms. The summed E-state index contributed by atoms with van der Waals surface area (Å²) in [6, 6.07) is 0.0511. The smallest absolute Gasteiger partial charge is 0.353 e. The van der Waals surface area contributed by atoms with Crippen molar-refractivity contribution < 1.29 is 24.9 Å². The van der Waals surface area contributed by atoms with Gasteiger partial charge in [-0.2, -0.15) is 0 Å². The molecule has 0 saturated carbocycles. The fourth-order valence-corrected chi connectivity index (χ4v) is 6.38. The normalized spacial score (nSPS) is 31.8. The molecule has 1 amide bonds. The summed E-state index contributed by atoms with van der Waals surface area (Å²) in [6.45, 7) is 5.05. The van der Waals surface area contributed by atoms with Crippen LogP contribution in [0, 0.1) is 11.8 Å². The van der Waals surface area contributed by atoms with Gasteiger partial charge in [-0.15, -0.1) is 11.8 Å². The molecule has 2 fully saturated rings. The van der Waals surface area contributed by atoms with Gasteiger partial charge in [0.1, 0.15) is 5.70 Å². The van der Waals surface area contributed by atoms with Gasteiger partial charge in [0.15, 0.2) is 0 Å². The van der Waals surface area contributed by atoms with Crippen molar-refractivity contribution in [2.75, 3.05) is 6.54 Å².